The summed E-state index contributed by atoms with van der Waals surface area (Å²) in [4.78, 5) is 20.0. The van der Waals surface area contributed by atoms with Crippen molar-refractivity contribution in [1.82, 2.24) is 9.78 Å². The number of nitrogens with zero attached hydrogens (tertiary/aromatic N) is 2. The van der Waals surface area contributed by atoms with Crippen LogP contribution in [0.5, 0.6) is 0 Å². The van der Waals surface area contributed by atoms with Crippen molar-refractivity contribution in [2.45, 2.75) is 6.18 Å². The van der Waals surface area contributed by atoms with E-state index < -0.39 is 17.6 Å². The highest BCUT2D eigenvalue weighted by molar-refractivity contribution is 5.97. The topological polar surface area (TPSA) is 116 Å². The van der Waals surface area contributed by atoms with Gasteiger partial charge in [-0.2, -0.15) is 13.2 Å². The molecule has 7 nitrogen and oxygen atoms in total. The van der Waals surface area contributed by atoms with Crippen LogP contribution in [0.25, 0.3) is 16.8 Å². The Labute approximate surface area is 164 Å². The van der Waals surface area contributed by atoms with E-state index in [1.807, 2.05) is 0 Å². The second-order valence-electron chi connectivity index (χ2n) is 5.71. The van der Waals surface area contributed by atoms with Crippen molar-refractivity contribution in [2.24, 2.45) is 11.5 Å². The maximum Gasteiger partial charge on any atom is 0.416 e. The highest BCUT2D eigenvalue weighted by atomic mass is 19.4. The van der Waals surface area contributed by atoms with Crippen molar-refractivity contribution >= 4 is 18.1 Å². The normalized spacial score (nSPS) is 10.6. The molecular weight excluding hydrogens is 387 g/mol. The maximum absolute atomic E-state index is 12.6. The van der Waals surface area contributed by atoms with Crippen molar-refractivity contribution in [1.29, 1.82) is 0 Å². The van der Waals surface area contributed by atoms with Gasteiger partial charge in [-0.1, -0.05) is 24.3 Å². The maximum atomic E-state index is 12.6. The zero-order chi connectivity index (χ0) is 21.6. The monoisotopic (exact) mass is 405 g/mol. The van der Waals surface area contributed by atoms with E-state index in [2.05, 4.69) is 16.1 Å². The van der Waals surface area contributed by atoms with Crippen LogP contribution in [0.2, 0.25) is 0 Å². The number of aromatic nitrogens is 2. The van der Waals surface area contributed by atoms with Crippen molar-refractivity contribution in [3.05, 3.63) is 65.9 Å². The number of nitrogens with one attached hydrogen (secondary N) is 1. The van der Waals surface area contributed by atoms with Crippen molar-refractivity contribution in [3.63, 3.8) is 0 Å². The van der Waals surface area contributed by atoms with Crippen LogP contribution in [0.1, 0.15) is 15.9 Å². The standard InChI is InChI=1S/C18H15F3N4O.CH3NO/c1-23-17-15(16(22)26)10-25(24-17)14-8-4-12(5-9-14)11-2-6-13(7-3-11)18(19,20)21;2-1-3/h2-10H,1H3,(H2,22,26)(H,23,24);1H,(H2,2,3). The van der Waals surface area contributed by atoms with Gasteiger partial charge < -0.3 is 16.8 Å². The molecule has 0 atom stereocenters. The average Bonchev–Trinajstić information content (AvgIpc) is 3.13. The van der Waals surface area contributed by atoms with Crippen molar-refractivity contribution in [2.75, 3.05) is 12.4 Å². The van der Waals surface area contributed by atoms with Crippen LogP contribution in [0.15, 0.2) is 54.7 Å². The Morgan fingerprint density at radius 3 is 1.93 bits per heavy atom. The van der Waals surface area contributed by atoms with Gasteiger partial charge in [-0.25, -0.2) is 4.68 Å². The summed E-state index contributed by atoms with van der Waals surface area (Å²) >= 11 is 0. The minimum Gasteiger partial charge on any atom is -0.372 e. The van der Waals surface area contributed by atoms with E-state index in [9.17, 15) is 18.0 Å². The largest absolute Gasteiger partial charge is 0.416 e. The van der Waals surface area contributed by atoms with Crippen LogP contribution < -0.4 is 16.8 Å². The number of alkyl halides is 3. The predicted molar refractivity (Wildman–Crippen MR) is 102 cm³/mol. The lowest BCUT2D eigenvalue weighted by atomic mass is 10.0. The van der Waals surface area contributed by atoms with Crippen molar-refractivity contribution in [3.8, 4) is 16.8 Å². The van der Waals surface area contributed by atoms with Gasteiger partial charge in [-0.15, -0.1) is 5.10 Å². The fourth-order valence-corrected chi connectivity index (χ4v) is 2.53. The molecule has 2 aromatic carbocycles. The number of carbonyl (C=O) groups excluding carboxylic acids is 2. The number of halogens is 3. The minimum atomic E-state index is -4.36. The summed E-state index contributed by atoms with van der Waals surface area (Å²) in [6.07, 6.45) is -2.59. The number of rotatable bonds is 4. The van der Waals surface area contributed by atoms with Gasteiger partial charge in [0, 0.05) is 13.2 Å². The molecule has 0 aliphatic rings. The van der Waals surface area contributed by atoms with Crippen LogP contribution >= 0.6 is 0 Å². The molecule has 0 saturated heterocycles. The summed E-state index contributed by atoms with van der Waals surface area (Å²) in [5.41, 5.74) is 11.2. The Kier molecular flexibility index (Phi) is 6.60. The molecule has 152 valence electrons. The number of anilines is 1. The Balaban J connectivity index is 0.000000941. The number of primary amides is 2. The molecule has 1 aromatic heterocycles. The predicted octanol–water partition coefficient (Wildman–Crippen LogP) is 2.80. The van der Waals surface area contributed by atoms with E-state index in [1.54, 1.807) is 31.3 Å². The second-order valence-corrected chi connectivity index (χ2v) is 5.71. The third-order valence-corrected chi connectivity index (χ3v) is 3.89. The number of amides is 2. The highest BCUT2D eigenvalue weighted by Crippen LogP contribution is 2.31. The van der Waals surface area contributed by atoms with E-state index in [-0.39, 0.29) is 12.0 Å². The quantitative estimate of drug-likeness (QED) is 0.579. The summed E-state index contributed by atoms with van der Waals surface area (Å²) < 4.78 is 39.4. The van der Waals surface area contributed by atoms with Gasteiger partial charge in [0.05, 0.1) is 11.3 Å². The third kappa shape index (κ3) is 5.12. The van der Waals surface area contributed by atoms with Gasteiger partial charge in [0.2, 0.25) is 6.41 Å². The molecule has 0 bridgehead atoms. The van der Waals surface area contributed by atoms with Gasteiger partial charge in [-0.05, 0) is 35.4 Å². The van der Waals surface area contributed by atoms with Crippen LogP contribution in [0, 0.1) is 0 Å². The second kappa shape index (κ2) is 8.91. The molecule has 0 unspecified atom stereocenters. The van der Waals surface area contributed by atoms with Crippen LogP contribution in [-0.4, -0.2) is 29.1 Å². The minimum absolute atomic E-state index is 0.250. The molecule has 5 N–H and O–H groups in total. The third-order valence-electron chi connectivity index (χ3n) is 3.89. The molecule has 29 heavy (non-hydrogen) atoms. The number of hydrogen-bond acceptors (Lipinski definition) is 4. The molecule has 0 aliphatic heterocycles. The number of hydrogen-bond donors (Lipinski definition) is 3. The molecule has 0 radical (unpaired) electrons. The lowest BCUT2D eigenvalue weighted by Gasteiger charge is -2.08. The van der Waals surface area contributed by atoms with Gasteiger partial charge >= 0.3 is 6.18 Å². The number of carbonyl (C=O) groups is 2. The Morgan fingerprint density at radius 2 is 1.55 bits per heavy atom. The van der Waals surface area contributed by atoms with E-state index >= 15 is 0 Å². The summed E-state index contributed by atoms with van der Waals surface area (Å²) in [5, 5.41) is 7.04. The lowest BCUT2D eigenvalue weighted by Crippen LogP contribution is -2.11. The Bertz CT molecular complexity index is 981. The van der Waals surface area contributed by atoms with E-state index in [1.165, 1.54) is 23.0 Å². The SMILES string of the molecule is CNc1nn(-c2ccc(-c3ccc(C(F)(F)F)cc3)cc2)cc1C(N)=O.NC=O. The summed E-state index contributed by atoms with van der Waals surface area (Å²) in [5.74, 6) is -0.230. The van der Waals surface area contributed by atoms with E-state index in [0.717, 1.165) is 17.7 Å². The smallest absolute Gasteiger partial charge is 0.372 e. The fourth-order valence-electron chi connectivity index (χ4n) is 2.53. The molecular formula is C19H18F3N5O2. The molecule has 0 spiro atoms. The van der Waals surface area contributed by atoms with Gasteiger partial charge in [0.15, 0.2) is 5.82 Å². The van der Waals surface area contributed by atoms with E-state index in [4.69, 9.17) is 10.5 Å². The lowest BCUT2D eigenvalue weighted by molar-refractivity contribution is -0.137. The van der Waals surface area contributed by atoms with Crippen LogP contribution in [0.4, 0.5) is 19.0 Å². The number of benzene rings is 2. The van der Waals surface area contributed by atoms with Gasteiger partial charge in [0.1, 0.15) is 5.56 Å². The molecule has 3 rings (SSSR count). The Morgan fingerprint density at radius 1 is 1.07 bits per heavy atom. The van der Waals surface area contributed by atoms with Crippen LogP contribution in [-0.2, 0) is 11.0 Å². The summed E-state index contributed by atoms with van der Waals surface area (Å²) in [6, 6.07) is 12.0. The number of nitrogens with two attached hydrogens (primary N) is 2. The summed E-state index contributed by atoms with van der Waals surface area (Å²) in [7, 11) is 1.63. The molecule has 0 saturated carbocycles. The van der Waals surface area contributed by atoms with Crippen LogP contribution in [0.3, 0.4) is 0 Å². The van der Waals surface area contributed by atoms with Gasteiger partial charge in [-0.3, -0.25) is 9.59 Å². The highest BCUT2D eigenvalue weighted by Gasteiger charge is 2.29. The van der Waals surface area contributed by atoms with Crippen molar-refractivity contribution < 1.29 is 22.8 Å². The zero-order valence-corrected chi connectivity index (χ0v) is 15.3. The molecule has 0 fully saturated rings. The average molecular weight is 405 g/mol. The first-order chi connectivity index (χ1) is 13.7. The summed E-state index contributed by atoms with van der Waals surface area (Å²) in [6.45, 7) is 0. The molecule has 1 heterocycles. The first-order valence-electron chi connectivity index (χ1n) is 8.22. The first-order valence-corrected chi connectivity index (χ1v) is 8.22. The molecule has 3 aromatic rings. The molecule has 2 amide bonds. The van der Waals surface area contributed by atoms with Gasteiger partial charge in [0.25, 0.3) is 5.91 Å². The van der Waals surface area contributed by atoms with E-state index in [0.29, 0.717) is 17.1 Å². The molecule has 10 heteroatoms. The Hall–Kier alpha value is -3.82. The fraction of sp³-hybridized carbons (Fsp3) is 0.105. The first kappa shape index (κ1) is 21.5. The zero-order valence-electron chi connectivity index (χ0n) is 15.3. The molecule has 0 aliphatic carbocycles.